The Kier molecular flexibility index (Phi) is 3.05. The number of likely N-dealkylation sites (N-methyl/N-ethyl adjacent to an activating group) is 1. The summed E-state index contributed by atoms with van der Waals surface area (Å²) in [6.45, 7) is 1.69. The first-order chi connectivity index (χ1) is 13.0. The van der Waals surface area contributed by atoms with E-state index in [0.29, 0.717) is 23.7 Å². The molecular formula is C21H26N2O4. The molecule has 2 bridgehead atoms. The molecule has 1 aromatic rings. The fourth-order valence-corrected chi connectivity index (χ4v) is 6.62. The van der Waals surface area contributed by atoms with Crippen molar-refractivity contribution >= 4 is 5.78 Å². The molecule has 5 atom stereocenters. The van der Waals surface area contributed by atoms with E-state index >= 15 is 0 Å². The lowest BCUT2D eigenvalue weighted by molar-refractivity contribution is -0.177. The minimum atomic E-state index is -1.14. The third-order valence-corrected chi connectivity index (χ3v) is 7.97. The number of hydrogen-bond donors (Lipinski definition) is 3. The van der Waals surface area contributed by atoms with E-state index in [1.807, 2.05) is 7.05 Å². The first kappa shape index (κ1) is 16.3. The number of hydrogen-bond acceptors (Lipinski definition) is 6. The van der Waals surface area contributed by atoms with Crippen molar-refractivity contribution in [3.63, 3.8) is 0 Å². The molecule has 0 radical (unpaired) electrons. The number of phenolic OH excluding ortho intramolecular Hbond substituents is 1. The standard InChI is InChI=1S/C21H26N2O4/c1-22-13-6-7-21(26)18-16(25)12-4-5-14(24)17-15(12)20(21,19(13)27-17)8-9-23(18)10-11-2-3-11/h4-5,11,13,18-19,22,24,26H,2-3,6-10H2,1H3/t13-,18?,19+,20+,21-/m1/s1. The molecule has 0 aromatic heterocycles. The first-order valence-corrected chi connectivity index (χ1v) is 10.2. The van der Waals surface area contributed by atoms with E-state index in [1.54, 1.807) is 12.1 Å². The van der Waals surface area contributed by atoms with Crippen LogP contribution < -0.4 is 10.1 Å². The molecule has 3 aliphatic carbocycles. The highest BCUT2D eigenvalue weighted by Gasteiger charge is 2.74. The molecule has 6 rings (SSSR count). The van der Waals surface area contributed by atoms with Crippen LogP contribution in [0.15, 0.2) is 12.1 Å². The molecule has 0 amide bonds. The molecule has 1 unspecified atom stereocenters. The summed E-state index contributed by atoms with van der Waals surface area (Å²) in [6, 6.07) is 2.90. The predicted molar refractivity (Wildman–Crippen MR) is 98.3 cm³/mol. The molecule has 144 valence electrons. The second-order valence-electron chi connectivity index (χ2n) is 9.16. The summed E-state index contributed by atoms with van der Waals surface area (Å²) in [5, 5.41) is 26.0. The summed E-state index contributed by atoms with van der Waals surface area (Å²) in [6.07, 6.45) is 4.27. The van der Waals surface area contributed by atoms with Crippen LogP contribution in [0.1, 0.15) is 48.0 Å². The van der Waals surface area contributed by atoms with Crippen LogP contribution in [0.2, 0.25) is 0 Å². The number of ketones is 1. The smallest absolute Gasteiger partial charge is 0.183 e. The van der Waals surface area contributed by atoms with Gasteiger partial charge in [0.25, 0.3) is 0 Å². The van der Waals surface area contributed by atoms with Crippen molar-refractivity contribution in [2.45, 2.75) is 61.3 Å². The van der Waals surface area contributed by atoms with E-state index in [9.17, 15) is 15.0 Å². The Labute approximate surface area is 158 Å². The highest BCUT2D eigenvalue weighted by atomic mass is 16.5. The second-order valence-corrected chi connectivity index (χ2v) is 9.16. The van der Waals surface area contributed by atoms with Crippen LogP contribution in [-0.4, -0.2) is 64.8 Å². The minimum absolute atomic E-state index is 0.00289. The van der Waals surface area contributed by atoms with E-state index in [-0.39, 0.29) is 23.7 Å². The van der Waals surface area contributed by atoms with Crippen LogP contribution in [0.5, 0.6) is 11.5 Å². The van der Waals surface area contributed by atoms with Crippen LogP contribution in [-0.2, 0) is 5.41 Å². The van der Waals surface area contributed by atoms with Crippen LogP contribution in [0.4, 0.5) is 0 Å². The quantitative estimate of drug-likeness (QED) is 0.741. The van der Waals surface area contributed by atoms with Gasteiger partial charge in [0.15, 0.2) is 17.3 Å². The summed E-state index contributed by atoms with van der Waals surface area (Å²) in [5.74, 6) is 1.15. The molecule has 1 saturated heterocycles. The monoisotopic (exact) mass is 370 g/mol. The lowest BCUT2D eigenvalue weighted by atomic mass is 9.48. The Hall–Kier alpha value is -1.63. The number of piperidine rings is 1. The summed E-state index contributed by atoms with van der Waals surface area (Å²) < 4.78 is 6.31. The molecule has 2 aliphatic heterocycles. The van der Waals surface area contributed by atoms with E-state index in [1.165, 1.54) is 12.8 Å². The third kappa shape index (κ3) is 1.75. The van der Waals surface area contributed by atoms with Crippen molar-refractivity contribution in [3.8, 4) is 11.5 Å². The molecule has 1 spiro atoms. The zero-order chi connectivity index (χ0) is 18.6. The number of nitrogens with zero attached hydrogens (tertiary/aromatic N) is 1. The van der Waals surface area contributed by atoms with Crippen LogP contribution in [0.3, 0.4) is 0 Å². The van der Waals surface area contributed by atoms with E-state index < -0.39 is 17.1 Å². The maximum absolute atomic E-state index is 13.6. The molecule has 6 nitrogen and oxygen atoms in total. The number of Topliss-reactive ketones (excluding diaryl/α,β-unsaturated/α-hetero) is 1. The number of rotatable bonds is 3. The molecule has 3 fully saturated rings. The minimum Gasteiger partial charge on any atom is -0.504 e. The van der Waals surface area contributed by atoms with Gasteiger partial charge >= 0.3 is 0 Å². The lowest BCUT2D eigenvalue weighted by Crippen LogP contribution is -2.79. The van der Waals surface area contributed by atoms with E-state index in [2.05, 4.69) is 10.2 Å². The van der Waals surface area contributed by atoms with Gasteiger partial charge < -0.3 is 20.3 Å². The first-order valence-electron chi connectivity index (χ1n) is 10.2. The highest BCUT2D eigenvalue weighted by Crippen LogP contribution is 2.65. The SMILES string of the molecule is CN[C@@H]1CC[C@@]2(O)C3C(=O)c4ccc(O)c5c4[C@@]2(CCN3CC2CC2)[C@H]1O5. The molecular weight excluding hydrogens is 344 g/mol. The number of phenols is 1. The Balaban J connectivity index is 1.60. The Morgan fingerprint density at radius 2 is 2.11 bits per heavy atom. The number of likely N-dealkylation sites (tertiary alicyclic amines) is 1. The highest BCUT2D eigenvalue weighted by molar-refractivity contribution is 6.06. The Bertz CT molecular complexity index is 853. The topological polar surface area (TPSA) is 82.0 Å². The Morgan fingerprint density at radius 1 is 1.30 bits per heavy atom. The summed E-state index contributed by atoms with van der Waals surface area (Å²) in [7, 11) is 1.92. The molecule has 5 aliphatic rings. The normalized spacial score (nSPS) is 42.0. The van der Waals surface area contributed by atoms with Crippen molar-refractivity contribution in [1.82, 2.24) is 10.2 Å². The summed E-state index contributed by atoms with van der Waals surface area (Å²) >= 11 is 0. The molecule has 6 heteroatoms. The second kappa shape index (κ2) is 5.04. The van der Waals surface area contributed by atoms with Crippen molar-refractivity contribution < 1.29 is 19.7 Å². The number of nitrogens with one attached hydrogen (secondary N) is 1. The van der Waals surface area contributed by atoms with Crippen LogP contribution in [0.25, 0.3) is 0 Å². The number of carbonyl (C=O) groups excluding carboxylic acids is 1. The largest absolute Gasteiger partial charge is 0.504 e. The van der Waals surface area contributed by atoms with Gasteiger partial charge in [0.1, 0.15) is 17.7 Å². The number of ether oxygens (including phenoxy) is 1. The van der Waals surface area contributed by atoms with Crippen LogP contribution >= 0.6 is 0 Å². The fraction of sp³-hybridized carbons (Fsp3) is 0.667. The molecule has 2 heterocycles. The maximum Gasteiger partial charge on any atom is 0.183 e. The lowest BCUT2D eigenvalue weighted by Gasteiger charge is -2.63. The number of aromatic hydroxyl groups is 1. The van der Waals surface area contributed by atoms with E-state index in [0.717, 1.165) is 31.5 Å². The fourth-order valence-electron chi connectivity index (χ4n) is 6.62. The van der Waals surface area contributed by atoms with Gasteiger partial charge in [0.2, 0.25) is 0 Å². The molecule has 2 saturated carbocycles. The van der Waals surface area contributed by atoms with Gasteiger partial charge in [0.05, 0.1) is 5.41 Å². The number of carbonyl (C=O) groups is 1. The van der Waals surface area contributed by atoms with Crippen LogP contribution in [0, 0.1) is 5.92 Å². The van der Waals surface area contributed by atoms with Gasteiger partial charge in [0, 0.05) is 30.3 Å². The third-order valence-electron chi connectivity index (χ3n) is 7.97. The van der Waals surface area contributed by atoms with Crippen molar-refractivity contribution in [1.29, 1.82) is 0 Å². The van der Waals surface area contributed by atoms with Crippen molar-refractivity contribution in [2.24, 2.45) is 5.92 Å². The summed E-state index contributed by atoms with van der Waals surface area (Å²) in [4.78, 5) is 15.8. The summed E-state index contributed by atoms with van der Waals surface area (Å²) in [5.41, 5.74) is -0.359. The zero-order valence-corrected chi connectivity index (χ0v) is 15.6. The average Bonchev–Trinajstić information content (AvgIpc) is 3.39. The number of benzene rings is 1. The predicted octanol–water partition coefficient (Wildman–Crippen LogP) is 1.18. The van der Waals surface area contributed by atoms with Gasteiger partial charge in [-0.1, -0.05) is 0 Å². The van der Waals surface area contributed by atoms with Gasteiger partial charge in [-0.25, -0.2) is 0 Å². The van der Waals surface area contributed by atoms with Crippen molar-refractivity contribution in [2.75, 3.05) is 20.1 Å². The molecule has 3 N–H and O–H groups in total. The Morgan fingerprint density at radius 3 is 2.85 bits per heavy atom. The van der Waals surface area contributed by atoms with Gasteiger partial charge in [-0.05, 0) is 57.2 Å². The maximum atomic E-state index is 13.6. The van der Waals surface area contributed by atoms with E-state index in [4.69, 9.17) is 4.74 Å². The molecule has 1 aromatic carbocycles. The molecule has 27 heavy (non-hydrogen) atoms. The number of aliphatic hydroxyl groups is 1. The van der Waals surface area contributed by atoms with Gasteiger partial charge in [-0.2, -0.15) is 0 Å². The zero-order valence-electron chi connectivity index (χ0n) is 15.6. The van der Waals surface area contributed by atoms with Gasteiger partial charge in [-0.15, -0.1) is 0 Å². The van der Waals surface area contributed by atoms with Crippen molar-refractivity contribution in [3.05, 3.63) is 23.3 Å². The van der Waals surface area contributed by atoms with Gasteiger partial charge in [-0.3, -0.25) is 9.69 Å². The average molecular weight is 370 g/mol.